The minimum atomic E-state index is -0.388. The van der Waals surface area contributed by atoms with Crippen molar-refractivity contribution in [2.24, 2.45) is 5.73 Å². The Hall–Kier alpha value is -1.59. The van der Waals surface area contributed by atoms with Crippen LogP contribution in [0, 0.1) is 0 Å². The molecule has 1 unspecified atom stereocenters. The molecule has 1 fully saturated rings. The molecule has 2 amide bonds. The Balaban J connectivity index is 0.00000288. The van der Waals surface area contributed by atoms with Gasteiger partial charge in [-0.3, -0.25) is 9.59 Å². The first-order valence-corrected chi connectivity index (χ1v) is 8.43. The molecule has 24 heavy (non-hydrogen) atoms. The summed E-state index contributed by atoms with van der Waals surface area (Å²) in [5.41, 5.74) is 6.49. The number of nitrogens with zero attached hydrogens (tertiary/aromatic N) is 1. The Morgan fingerprint density at radius 1 is 1.25 bits per heavy atom. The van der Waals surface area contributed by atoms with Gasteiger partial charge in [0, 0.05) is 24.2 Å². The SMILES string of the molecule is CCC(N)(CC)CNC(=O)C1CCCN1C(=O)c1ccccc1.Cl. The molecule has 0 aliphatic carbocycles. The highest BCUT2D eigenvalue weighted by atomic mass is 35.5. The van der Waals surface area contributed by atoms with E-state index in [0.717, 1.165) is 19.3 Å². The molecule has 1 heterocycles. The summed E-state index contributed by atoms with van der Waals surface area (Å²) in [5, 5.41) is 2.95. The summed E-state index contributed by atoms with van der Waals surface area (Å²) in [4.78, 5) is 26.8. The van der Waals surface area contributed by atoms with Crippen molar-refractivity contribution in [1.82, 2.24) is 10.2 Å². The molecule has 3 N–H and O–H groups in total. The molecule has 6 heteroatoms. The summed E-state index contributed by atoms with van der Waals surface area (Å²) in [5.74, 6) is -0.170. The molecule has 5 nitrogen and oxygen atoms in total. The molecular weight excluding hydrogens is 326 g/mol. The summed E-state index contributed by atoms with van der Waals surface area (Å²) in [6.07, 6.45) is 3.18. The minimum absolute atomic E-state index is 0. The zero-order chi connectivity index (χ0) is 16.9. The summed E-state index contributed by atoms with van der Waals surface area (Å²) in [7, 11) is 0. The van der Waals surface area contributed by atoms with E-state index in [9.17, 15) is 9.59 Å². The van der Waals surface area contributed by atoms with Crippen molar-refractivity contribution in [2.75, 3.05) is 13.1 Å². The molecule has 0 bridgehead atoms. The summed E-state index contributed by atoms with van der Waals surface area (Å²) in [6, 6.07) is 8.73. The van der Waals surface area contributed by atoms with E-state index in [1.54, 1.807) is 17.0 Å². The van der Waals surface area contributed by atoms with E-state index in [1.165, 1.54) is 0 Å². The fraction of sp³-hybridized carbons (Fsp3) is 0.556. The van der Waals surface area contributed by atoms with Gasteiger partial charge in [-0.25, -0.2) is 0 Å². The van der Waals surface area contributed by atoms with Crippen molar-refractivity contribution in [3.63, 3.8) is 0 Å². The van der Waals surface area contributed by atoms with Crippen LogP contribution >= 0.6 is 12.4 Å². The van der Waals surface area contributed by atoms with E-state index in [-0.39, 0.29) is 35.8 Å². The number of likely N-dealkylation sites (tertiary alicyclic amines) is 1. The lowest BCUT2D eigenvalue weighted by Gasteiger charge is -2.29. The van der Waals surface area contributed by atoms with Crippen molar-refractivity contribution in [3.8, 4) is 0 Å². The Kier molecular flexibility index (Phi) is 7.70. The second-order valence-electron chi connectivity index (χ2n) is 6.31. The number of nitrogens with one attached hydrogen (secondary N) is 1. The van der Waals surface area contributed by atoms with Crippen LogP contribution in [0.3, 0.4) is 0 Å². The van der Waals surface area contributed by atoms with Crippen molar-refractivity contribution in [1.29, 1.82) is 0 Å². The highest BCUT2D eigenvalue weighted by Gasteiger charge is 2.35. The van der Waals surface area contributed by atoms with E-state index in [1.807, 2.05) is 32.0 Å². The first-order valence-electron chi connectivity index (χ1n) is 8.43. The van der Waals surface area contributed by atoms with Crippen molar-refractivity contribution < 1.29 is 9.59 Å². The molecule has 1 atom stereocenters. The van der Waals surface area contributed by atoms with Gasteiger partial charge in [-0.05, 0) is 37.8 Å². The standard InChI is InChI=1S/C18H27N3O2.ClH/c1-3-18(19,4-2)13-20-16(22)15-11-8-12-21(15)17(23)14-9-6-5-7-10-14;/h5-7,9-10,15H,3-4,8,11-13,19H2,1-2H3,(H,20,22);1H. The summed E-state index contributed by atoms with van der Waals surface area (Å²) in [6.45, 7) is 5.12. The van der Waals surface area contributed by atoms with Gasteiger partial charge in [-0.15, -0.1) is 12.4 Å². The Bertz CT molecular complexity index is 546. The van der Waals surface area contributed by atoms with Gasteiger partial charge in [0.25, 0.3) is 5.91 Å². The molecule has 0 spiro atoms. The smallest absolute Gasteiger partial charge is 0.254 e. The number of benzene rings is 1. The fourth-order valence-electron chi connectivity index (χ4n) is 2.91. The van der Waals surface area contributed by atoms with Crippen LogP contribution in [0.5, 0.6) is 0 Å². The molecule has 134 valence electrons. The lowest BCUT2D eigenvalue weighted by molar-refractivity contribution is -0.125. The summed E-state index contributed by atoms with van der Waals surface area (Å²) < 4.78 is 0. The monoisotopic (exact) mass is 353 g/mol. The maximum Gasteiger partial charge on any atom is 0.254 e. The van der Waals surface area contributed by atoms with Gasteiger partial charge in [0.1, 0.15) is 6.04 Å². The number of nitrogens with two attached hydrogens (primary N) is 1. The lowest BCUT2D eigenvalue weighted by Crippen LogP contribution is -2.53. The first-order chi connectivity index (χ1) is 11.0. The number of amides is 2. The van der Waals surface area contributed by atoms with Gasteiger partial charge in [-0.2, -0.15) is 0 Å². The van der Waals surface area contributed by atoms with Crippen molar-refractivity contribution in [2.45, 2.75) is 51.1 Å². The number of hydrogen-bond donors (Lipinski definition) is 2. The predicted octanol–water partition coefficient (Wildman–Crippen LogP) is 2.35. The van der Waals surface area contributed by atoms with Gasteiger partial charge in [0.05, 0.1) is 0 Å². The third kappa shape index (κ3) is 4.71. The van der Waals surface area contributed by atoms with Gasteiger partial charge in [0.15, 0.2) is 0 Å². The normalized spacial score (nSPS) is 17.3. The molecule has 1 aromatic carbocycles. The zero-order valence-corrected chi connectivity index (χ0v) is 15.3. The average molecular weight is 354 g/mol. The Morgan fingerprint density at radius 2 is 1.88 bits per heavy atom. The van der Waals surface area contributed by atoms with E-state index in [4.69, 9.17) is 5.73 Å². The second kappa shape index (κ2) is 9.04. The first kappa shape index (κ1) is 20.5. The van der Waals surface area contributed by atoms with E-state index >= 15 is 0 Å². The Morgan fingerprint density at radius 3 is 2.46 bits per heavy atom. The number of hydrogen-bond acceptors (Lipinski definition) is 3. The van der Waals surface area contributed by atoms with Crippen LogP contribution in [0.4, 0.5) is 0 Å². The molecular formula is C18H28ClN3O2. The maximum absolute atomic E-state index is 12.6. The molecule has 0 saturated carbocycles. The van der Waals surface area contributed by atoms with Crippen molar-refractivity contribution >= 4 is 24.2 Å². The van der Waals surface area contributed by atoms with E-state index in [0.29, 0.717) is 25.1 Å². The highest BCUT2D eigenvalue weighted by molar-refractivity contribution is 5.97. The van der Waals surface area contributed by atoms with Crippen LogP contribution in [-0.2, 0) is 4.79 Å². The van der Waals surface area contributed by atoms with Crippen LogP contribution in [0.15, 0.2) is 30.3 Å². The highest BCUT2D eigenvalue weighted by Crippen LogP contribution is 2.20. The molecule has 1 saturated heterocycles. The van der Waals surface area contributed by atoms with E-state index < -0.39 is 0 Å². The van der Waals surface area contributed by atoms with Gasteiger partial charge in [0.2, 0.25) is 5.91 Å². The topological polar surface area (TPSA) is 75.4 Å². The van der Waals surface area contributed by atoms with Gasteiger partial charge < -0.3 is 16.0 Å². The van der Waals surface area contributed by atoms with Crippen LogP contribution in [0.2, 0.25) is 0 Å². The molecule has 1 aromatic rings. The molecule has 2 rings (SSSR count). The van der Waals surface area contributed by atoms with Gasteiger partial charge in [-0.1, -0.05) is 32.0 Å². The van der Waals surface area contributed by atoms with Crippen LogP contribution in [-0.4, -0.2) is 41.4 Å². The van der Waals surface area contributed by atoms with Crippen molar-refractivity contribution in [3.05, 3.63) is 35.9 Å². The number of rotatable bonds is 6. The Labute approximate surface area is 150 Å². The molecule has 0 aromatic heterocycles. The summed E-state index contributed by atoms with van der Waals surface area (Å²) >= 11 is 0. The van der Waals surface area contributed by atoms with Crippen LogP contribution in [0.25, 0.3) is 0 Å². The molecule has 1 aliphatic rings. The van der Waals surface area contributed by atoms with Gasteiger partial charge >= 0.3 is 0 Å². The van der Waals surface area contributed by atoms with Crippen LogP contribution < -0.4 is 11.1 Å². The minimum Gasteiger partial charge on any atom is -0.352 e. The van der Waals surface area contributed by atoms with E-state index in [2.05, 4.69) is 5.32 Å². The largest absolute Gasteiger partial charge is 0.352 e. The predicted molar refractivity (Wildman–Crippen MR) is 98.3 cm³/mol. The zero-order valence-electron chi connectivity index (χ0n) is 14.5. The quantitative estimate of drug-likeness (QED) is 0.824. The molecule has 1 aliphatic heterocycles. The number of carbonyl (C=O) groups is 2. The third-order valence-corrected chi connectivity index (χ3v) is 4.86. The number of halogens is 1. The molecule has 0 radical (unpaired) electrons. The third-order valence-electron chi connectivity index (χ3n) is 4.86. The average Bonchev–Trinajstić information content (AvgIpc) is 3.09. The maximum atomic E-state index is 12.6. The van der Waals surface area contributed by atoms with Crippen LogP contribution in [0.1, 0.15) is 49.9 Å². The lowest BCUT2D eigenvalue weighted by atomic mass is 9.94. The number of carbonyl (C=O) groups excluding carboxylic acids is 2. The fourth-order valence-corrected chi connectivity index (χ4v) is 2.91. The second-order valence-corrected chi connectivity index (χ2v) is 6.31.